The highest BCUT2D eigenvalue weighted by atomic mass is 35.5. The lowest BCUT2D eigenvalue weighted by atomic mass is 10.2. The predicted molar refractivity (Wildman–Crippen MR) is 131 cm³/mol. The Hall–Kier alpha value is -2.92. The van der Waals surface area contributed by atoms with Crippen molar-refractivity contribution in [2.24, 2.45) is 10.2 Å². The van der Waals surface area contributed by atoms with Gasteiger partial charge in [-0.05, 0) is 59.8 Å². The van der Waals surface area contributed by atoms with Gasteiger partial charge >= 0.3 is 0 Å². The number of hydrogen-bond donors (Lipinski definition) is 2. The zero-order valence-electron chi connectivity index (χ0n) is 16.4. The third kappa shape index (κ3) is 5.46. The van der Waals surface area contributed by atoms with Gasteiger partial charge in [-0.2, -0.15) is 29.8 Å². The van der Waals surface area contributed by atoms with E-state index in [0.717, 1.165) is 11.1 Å². The van der Waals surface area contributed by atoms with Crippen LogP contribution < -0.4 is 0 Å². The van der Waals surface area contributed by atoms with Crippen LogP contribution in [-0.4, -0.2) is 42.2 Å². The van der Waals surface area contributed by atoms with E-state index in [-0.39, 0.29) is 0 Å². The Morgan fingerprint density at radius 2 is 1.09 bits per heavy atom. The first-order valence-electron chi connectivity index (χ1n) is 9.42. The highest BCUT2D eigenvalue weighted by Gasteiger charge is 2.10. The lowest BCUT2D eigenvalue weighted by molar-refractivity contribution is 0.699. The summed E-state index contributed by atoms with van der Waals surface area (Å²) in [7, 11) is 0. The van der Waals surface area contributed by atoms with E-state index < -0.39 is 0 Å². The van der Waals surface area contributed by atoms with Gasteiger partial charge in [0, 0.05) is 22.9 Å². The maximum atomic E-state index is 5.92. The minimum absolute atomic E-state index is 0.393. The molecule has 2 heterocycles. The number of nitrogens with one attached hydrogen (secondary N) is 2. The van der Waals surface area contributed by atoms with Crippen molar-refractivity contribution < 1.29 is 0 Å². The van der Waals surface area contributed by atoms with Crippen molar-refractivity contribution in [2.45, 2.75) is 12.8 Å². The Bertz CT molecular complexity index is 1270. The number of benzene rings is 2. The molecule has 0 fully saturated rings. The SMILES string of the molecule is S=c1[nH]nc(CCc2n[nH]c(=S)n2N=Cc2ccc(Cl)cc2)n1N=Cc1ccc(Cl)cc1. The monoisotopic (exact) mass is 502 g/mol. The van der Waals surface area contributed by atoms with E-state index in [1.165, 1.54) is 0 Å². The maximum absolute atomic E-state index is 5.92. The third-order valence-corrected chi connectivity index (χ3v) is 5.42. The largest absolute Gasteiger partial charge is 0.250 e. The number of rotatable bonds is 7. The van der Waals surface area contributed by atoms with Crippen molar-refractivity contribution in [2.75, 3.05) is 0 Å². The van der Waals surface area contributed by atoms with Gasteiger partial charge < -0.3 is 0 Å². The number of halogens is 2. The lowest BCUT2D eigenvalue weighted by Gasteiger charge is -2.02. The predicted octanol–water partition coefficient (Wildman–Crippen LogP) is 5.05. The molecule has 0 spiro atoms. The summed E-state index contributed by atoms with van der Waals surface area (Å²) in [6.07, 6.45) is 4.41. The van der Waals surface area contributed by atoms with Crippen molar-refractivity contribution in [3.63, 3.8) is 0 Å². The highest BCUT2D eigenvalue weighted by molar-refractivity contribution is 7.71. The second-order valence-corrected chi connectivity index (χ2v) is 8.25. The number of aromatic nitrogens is 6. The molecule has 0 aliphatic rings. The number of aryl methyl sites for hydroxylation is 2. The van der Waals surface area contributed by atoms with E-state index in [2.05, 4.69) is 30.6 Å². The van der Waals surface area contributed by atoms with Gasteiger partial charge in [-0.25, -0.2) is 0 Å². The molecule has 8 nitrogen and oxygen atoms in total. The molecule has 0 unspecified atom stereocenters. The molecule has 4 rings (SSSR count). The number of aromatic amines is 2. The van der Waals surface area contributed by atoms with Gasteiger partial charge in [-0.3, -0.25) is 10.2 Å². The quantitative estimate of drug-likeness (QED) is 0.273. The van der Waals surface area contributed by atoms with Crippen LogP contribution in [0.15, 0.2) is 58.7 Å². The molecule has 4 aromatic rings. The molecule has 0 saturated heterocycles. The Balaban J connectivity index is 1.50. The Morgan fingerprint density at radius 3 is 1.47 bits per heavy atom. The first-order valence-corrected chi connectivity index (χ1v) is 11.0. The fourth-order valence-corrected chi connectivity index (χ4v) is 3.43. The summed E-state index contributed by atoms with van der Waals surface area (Å²) in [6, 6.07) is 14.7. The second kappa shape index (κ2) is 10.1. The molecule has 32 heavy (non-hydrogen) atoms. The molecule has 12 heteroatoms. The Morgan fingerprint density at radius 1 is 0.719 bits per heavy atom. The van der Waals surface area contributed by atoms with Crippen LogP contribution in [-0.2, 0) is 12.8 Å². The normalized spacial score (nSPS) is 11.7. The van der Waals surface area contributed by atoms with Gasteiger partial charge in [0.25, 0.3) is 0 Å². The summed E-state index contributed by atoms with van der Waals surface area (Å²) >= 11 is 22.5. The van der Waals surface area contributed by atoms with Gasteiger partial charge in [-0.15, -0.1) is 0 Å². The molecule has 162 valence electrons. The molecule has 0 saturated carbocycles. The van der Waals surface area contributed by atoms with E-state index in [1.54, 1.807) is 46.0 Å². The van der Waals surface area contributed by atoms with Crippen LogP contribution in [0, 0.1) is 9.54 Å². The van der Waals surface area contributed by atoms with Crippen LogP contribution in [0.3, 0.4) is 0 Å². The minimum Gasteiger partial charge on any atom is -0.250 e. The summed E-state index contributed by atoms with van der Waals surface area (Å²) in [5, 5.41) is 24.3. The summed E-state index contributed by atoms with van der Waals surface area (Å²) in [6.45, 7) is 0. The summed E-state index contributed by atoms with van der Waals surface area (Å²) < 4.78 is 3.94. The molecule has 2 aromatic carbocycles. The summed E-state index contributed by atoms with van der Waals surface area (Å²) in [5.74, 6) is 1.31. The van der Waals surface area contributed by atoms with E-state index in [1.807, 2.05) is 24.3 Å². The van der Waals surface area contributed by atoms with Crippen LogP contribution in [0.25, 0.3) is 0 Å². The first-order chi connectivity index (χ1) is 15.5. The third-order valence-electron chi connectivity index (χ3n) is 4.39. The van der Waals surface area contributed by atoms with Crippen molar-refractivity contribution in [3.8, 4) is 0 Å². The molecule has 0 atom stereocenters. The van der Waals surface area contributed by atoms with Crippen LogP contribution in [0.4, 0.5) is 0 Å². The molecule has 0 aliphatic heterocycles. The average Bonchev–Trinajstić information content (AvgIpc) is 3.33. The zero-order valence-corrected chi connectivity index (χ0v) is 19.6. The van der Waals surface area contributed by atoms with Crippen LogP contribution in [0.1, 0.15) is 22.8 Å². The van der Waals surface area contributed by atoms with Crippen LogP contribution >= 0.6 is 47.6 Å². The molecular formula is C20H16Cl2N8S2. The van der Waals surface area contributed by atoms with Crippen molar-refractivity contribution in [1.82, 2.24) is 29.7 Å². The van der Waals surface area contributed by atoms with Crippen LogP contribution in [0.5, 0.6) is 0 Å². The first kappa shape index (κ1) is 22.3. The smallest absolute Gasteiger partial charge is 0.216 e. The van der Waals surface area contributed by atoms with Crippen LogP contribution in [0.2, 0.25) is 10.0 Å². The number of hydrogen-bond acceptors (Lipinski definition) is 6. The molecule has 0 aliphatic carbocycles. The van der Waals surface area contributed by atoms with E-state index in [9.17, 15) is 0 Å². The van der Waals surface area contributed by atoms with Gasteiger partial charge in [-0.1, -0.05) is 47.5 Å². The van der Waals surface area contributed by atoms with Crippen molar-refractivity contribution >= 4 is 60.1 Å². The van der Waals surface area contributed by atoms with Gasteiger partial charge in [0.15, 0.2) is 11.6 Å². The van der Waals surface area contributed by atoms with E-state index in [0.29, 0.717) is 44.1 Å². The standard InChI is InChI=1S/C20H16Cl2N8S2/c21-15-5-1-13(2-6-15)11-23-29-17(25-27-19(29)31)9-10-18-26-28-20(32)30(18)24-12-14-3-7-16(22)8-4-14/h1-8,11-12H,9-10H2,(H,27,31)(H,28,32). The number of H-pyrrole nitrogens is 2. The highest BCUT2D eigenvalue weighted by Crippen LogP contribution is 2.10. The summed E-state index contributed by atoms with van der Waals surface area (Å²) in [5.41, 5.74) is 1.78. The molecule has 2 N–H and O–H groups in total. The van der Waals surface area contributed by atoms with E-state index >= 15 is 0 Å². The van der Waals surface area contributed by atoms with Gasteiger partial charge in [0.1, 0.15) is 0 Å². The van der Waals surface area contributed by atoms with Gasteiger partial charge in [0.05, 0.1) is 12.4 Å². The Labute approximate surface area is 203 Å². The zero-order chi connectivity index (χ0) is 22.5. The van der Waals surface area contributed by atoms with Crippen molar-refractivity contribution in [1.29, 1.82) is 0 Å². The fourth-order valence-electron chi connectivity index (χ4n) is 2.78. The average molecular weight is 503 g/mol. The topological polar surface area (TPSA) is 91.9 Å². The molecule has 0 amide bonds. The molecule has 0 bridgehead atoms. The second-order valence-electron chi connectivity index (χ2n) is 6.61. The molecule has 2 aromatic heterocycles. The molecule has 0 radical (unpaired) electrons. The number of nitrogens with zero attached hydrogens (tertiary/aromatic N) is 6. The Kier molecular flexibility index (Phi) is 7.05. The van der Waals surface area contributed by atoms with Crippen molar-refractivity contribution in [3.05, 3.63) is 90.9 Å². The maximum Gasteiger partial charge on any atom is 0.216 e. The minimum atomic E-state index is 0.393. The van der Waals surface area contributed by atoms with E-state index in [4.69, 9.17) is 47.6 Å². The fraction of sp³-hybridized carbons (Fsp3) is 0.100. The van der Waals surface area contributed by atoms with Gasteiger partial charge in [0.2, 0.25) is 9.54 Å². The summed E-state index contributed by atoms with van der Waals surface area (Å²) in [4.78, 5) is 0. The molecular weight excluding hydrogens is 487 g/mol. The lowest BCUT2D eigenvalue weighted by Crippen LogP contribution is -2.05.